The molecule has 2 aliphatic rings. The Morgan fingerprint density at radius 2 is 1.71 bits per heavy atom. The monoisotopic (exact) mass is 425 g/mol. The SMILES string of the molecule is O=C(C1=C[C@H](c2ccc(F)cc2)C[C@H](OCc2ccc(CO)cc2)O1)N1CCCCC1. The van der Waals surface area contributed by atoms with Gasteiger partial charge < -0.3 is 19.5 Å². The van der Waals surface area contributed by atoms with Gasteiger partial charge in [0, 0.05) is 25.4 Å². The van der Waals surface area contributed by atoms with Gasteiger partial charge in [0.25, 0.3) is 5.91 Å². The van der Waals surface area contributed by atoms with Crippen molar-refractivity contribution in [3.8, 4) is 0 Å². The van der Waals surface area contributed by atoms with Gasteiger partial charge in [0.1, 0.15) is 5.82 Å². The smallest absolute Gasteiger partial charge is 0.288 e. The predicted octanol–water partition coefficient (Wildman–Crippen LogP) is 4.26. The molecule has 164 valence electrons. The van der Waals surface area contributed by atoms with E-state index in [2.05, 4.69) is 0 Å². The third kappa shape index (κ3) is 5.51. The first kappa shape index (κ1) is 21.5. The summed E-state index contributed by atoms with van der Waals surface area (Å²) in [5, 5.41) is 9.19. The molecule has 1 N–H and O–H groups in total. The normalized spacial score (nSPS) is 21.4. The highest BCUT2D eigenvalue weighted by molar-refractivity contribution is 5.91. The lowest BCUT2D eigenvalue weighted by atomic mass is 9.92. The minimum atomic E-state index is -0.582. The molecule has 31 heavy (non-hydrogen) atoms. The van der Waals surface area contributed by atoms with Crippen LogP contribution in [0.4, 0.5) is 4.39 Å². The summed E-state index contributed by atoms with van der Waals surface area (Å²) in [6.45, 7) is 1.81. The number of hydrogen-bond donors (Lipinski definition) is 1. The number of nitrogens with zero attached hydrogens (tertiary/aromatic N) is 1. The van der Waals surface area contributed by atoms with E-state index in [0.29, 0.717) is 18.8 Å². The molecule has 2 atom stereocenters. The van der Waals surface area contributed by atoms with E-state index in [4.69, 9.17) is 9.47 Å². The summed E-state index contributed by atoms with van der Waals surface area (Å²) in [4.78, 5) is 14.9. The Labute approximate surface area is 182 Å². The lowest BCUT2D eigenvalue weighted by Crippen LogP contribution is -2.39. The zero-order chi connectivity index (χ0) is 21.6. The van der Waals surface area contributed by atoms with Gasteiger partial charge in [0.15, 0.2) is 5.76 Å². The van der Waals surface area contributed by atoms with Crippen molar-refractivity contribution in [3.05, 3.63) is 82.9 Å². The maximum Gasteiger partial charge on any atom is 0.288 e. The number of carbonyl (C=O) groups is 1. The number of halogens is 1. The van der Waals surface area contributed by atoms with Crippen LogP contribution in [-0.2, 0) is 27.5 Å². The van der Waals surface area contributed by atoms with Gasteiger partial charge in [0.2, 0.25) is 6.29 Å². The van der Waals surface area contributed by atoms with Crippen LogP contribution in [-0.4, -0.2) is 35.3 Å². The van der Waals surface area contributed by atoms with Crippen molar-refractivity contribution in [1.29, 1.82) is 0 Å². The molecule has 5 nitrogen and oxygen atoms in total. The Morgan fingerprint density at radius 3 is 2.39 bits per heavy atom. The fourth-order valence-electron chi connectivity index (χ4n) is 4.04. The molecule has 0 radical (unpaired) electrons. The Hall–Kier alpha value is -2.70. The number of likely N-dealkylation sites (tertiary alicyclic amines) is 1. The van der Waals surface area contributed by atoms with Crippen LogP contribution in [0.25, 0.3) is 0 Å². The van der Waals surface area contributed by atoms with Gasteiger partial charge in [-0.25, -0.2) is 4.39 Å². The summed E-state index contributed by atoms with van der Waals surface area (Å²) in [7, 11) is 0. The number of benzene rings is 2. The topological polar surface area (TPSA) is 59.0 Å². The lowest BCUT2D eigenvalue weighted by molar-refractivity contribution is -0.156. The zero-order valence-electron chi connectivity index (χ0n) is 17.5. The van der Waals surface area contributed by atoms with E-state index in [1.807, 2.05) is 35.2 Å². The highest BCUT2D eigenvalue weighted by Gasteiger charge is 2.31. The highest BCUT2D eigenvalue weighted by Crippen LogP contribution is 2.33. The van der Waals surface area contributed by atoms with Gasteiger partial charge in [-0.3, -0.25) is 4.79 Å². The minimum absolute atomic E-state index is 0.00100. The number of hydrogen-bond acceptors (Lipinski definition) is 4. The van der Waals surface area contributed by atoms with Gasteiger partial charge in [0.05, 0.1) is 13.2 Å². The highest BCUT2D eigenvalue weighted by atomic mass is 19.1. The van der Waals surface area contributed by atoms with Crippen LogP contribution in [0, 0.1) is 5.82 Å². The third-order valence-corrected chi connectivity index (χ3v) is 5.85. The molecule has 2 aromatic carbocycles. The van der Waals surface area contributed by atoms with Crippen LogP contribution in [0.5, 0.6) is 0 Å². The molecule has 2 heterocycles. The summed E-state index contributed by atoms with van der Waals surface area (Å²) in [5.41, 5.74) is 2.72. The molecule has 0 aliphatic carbocycles. The van der Waals surface area contributed by atoms with Crippen molar-refractivity contribution in [1.82, 2.24) is 4.90 Å². The van der Waals surface area contributed by atoms with E-state index in [0.717, 1.165) is 49.0 Å². The number of aliphatic hydroxyl groups is 1. The molecule has 4 rings (SSSR count). The maximum absolute atomic E-state index is 13.4. The number of carbonyl (C=O) groups excluding carboxylic acids is 1. The van der Waals surface area contributed by atoms with Crippen molar-refractivity contribution < 1.29 is 23.8 Å². The van der Waals surface area contributed by atoms with Crippen LogP contribution in [0.3, 0.4) is 0 Å². The van der Waals surface area contributed by atoms with E-state index in [9.17, 15) is 14.3 Å². The molecule has 0 bridgehead atoms. The molecule has 0 unspecified atom stereocenters. The predicted molar refractivity (Wildman–Crippen MR) is 114 cm³/mol. The molecule has 2 aromatic rings. The zero-order valence-corrected chi connectivity index (χ0v) is 17.5. The van der Waals surface area contributed by atoms with Gasteiger partial charge in [-0.15, -0.1) is 0 Å². The quantitative estimate of drug-likeness (QED) is 0.751. The lowest BCUT2D eigenvalue weighted by Gasteiger charge is -2.33. The van der Waals surface area contributed by atoms with Gasteiger partial charge in [-0.2, -0.15) is 0 Å². The molecule has 6 heteroatoms. The summed E-state index contributed by atoms with van der Waals surface area (Å²) >= 11 is 0. The number of allylic oxidation sites excluding steroid dienone is 1. The summed E-state index contributed by atoms with van der Waals surface area (Å²) in [6.07, 6.45) is 4.95. The first-order chi connectivity index (χ1) is 15.1. The van der Waals surface area contributed by atoms with E-state index in [-0.39, 0.29) is 24.2 Å². The van der Waals surface area contributed by atoms with Gasteiger partial charge in [-0.05, 0) is 54.2 Å². The second-order valence-corrected chi connectivity index (χ2v) is 8.11. The van der Waals surface area contributed by atoms with E-state index >= 15 is 0 Å². The average molecular weight is 426 g/mol. The molecule has 1 amide bonds. The minimum Gasteiger partial charge on any atom is -0.459 e. The Balaban J connectivity index is 1.49. The Kier molecular flexibility index (Phi) is 6.99. The second-order valence-electron chi connectivity index (χ2n) is 8.11. The molecule has 0 saturated carbocycles. The summed E-state index contributed by atoms with van der Waals surface area (Å²) < 4.78 is 25.4. The number of rotatable bonds is 6. The van der Waals surface area contributed by atoms with E-state index < -0.39 is 6.29 Å². The number of ether oxygens (including phenoxy) is 2. The van der Waals surface area contributed by atoms with Crippen molar-refractivity contribution in [2.45, 2.75) is 51.1 Å². The summed E-state index contributed by atoms with van der Waals surface area (Å²) in [6, 6.07) is 13.9. The molecular formula is C25H28FNO4. The number of aliphatic hydroxyl groups excluding tert-OH is 1. The summed E-state index contributed by atoms with van der Waals surface area (Å²) in [5.74, 6) is -0.182. The third-order valence-electron chi connectivity index (χ3n) is 5.85. The van der Waals surface area contributed by atoms with Crippen molar-refractivity contribution in [2.24, 2.45) is 0 Å². The van der Waals surface area contributed by atoms with E-state index in [1.165, 1.54) is 12.1 Å². The maximum atomic E-state index is 13.4. The second kappa shape index (κ2) is 10.1. The Bertz CT molecular complexity index is 904. The Morgan fingerprint density at radius 1 is 1.03 bits per heavy atom. The first-order valence-electron chi connectivity index (χ1n) is 10.9. The van der Waals surface area contributed by atoms with Crippen molar-refractivity contribution in [2.75, 3.05) is 13.1 Å². The van der Waals surface area contributed by atoms with Gasteiger partial charge >= 0.3 is 0 Å². The van der Waals surface area contributed by atoms with Gasteiger partial charge in [-0.1, -0.05) is 36.4 Å². The first-order valence-corrected chi connectivity index (χ1v) is 10.9. The van der Waals surface area contributed by atoms with E-state index in [1.54, 1.807) is 12.1 Å². The fourth-order valence-corrected chi connectivity index (χ4v) is 4.04. The largest absolute Gasteiger partial charge is 0.459 e. The van der Waals surface area contributed by atoms with Crippen LogP contribution in [0.1, 0.15) is 48.3 Å². The molecule has 0 spiro atoms. The standard InChI is InChI=1S/C25H28FNO4/c26-22-10-8-20(9-11-22)21-14-23(25(29)27-12-2-1-3-13-27)31-24(15-21)30-17-19-6-4-18(16-28)5-7-19/h4-11,14,21,24,28H,1-3,12-13,15-17H2/t21-,24+/m0/s1. The number of piperidine rings is 1. The average Bonchev–Trinajstić information content (AvgIpc) is 2.83. The van der Waals surface area contributed by atoms with Crippen LogP contribution >= 0.6 is 0 Å². The number of amides is 1. The van der Waals surface area contributed by atoms with Crippen molar-refractivity contribution >= 4 is 5.91 Å². The van der Waals surface area contributed by atoms with Crippen LogP contribution in [0.15, 0.2) is 60.4 Å². The molecule has 2 aliphatic heterocycles. The van der Waals surface area contributed by atoms with Crippen LogP contribution < -0.4 is 0 Å². The molecule has 1 saturated heterocycles. The molecule has 0 aromatic heterocycles. The fraction of sp³-hybridized carbons (Fsp3) is 0.400. The van der Waals surface area contributed by atoms with Crippen LogP contribution in [0.2, 0.25) is 0 Å². The van der Waals surface area contributed by atoms with Crippen molar-refractivity contribution in [3.63, 3.8) is 0 Å². The molecular weight excluding hydrogens is 397 g/mol. The molecule has 1 fully saturated rings.